The molecule has 0 saturated carbocycles. The molecule has 2 aliphatic heterocycles. The maximum atomic E-state index is 12.4. The third-order valence-electron chi connectivity index (χ3n) is 4.71. The summed E-state index contributed by atoms with van der Waals surface area (Å²) in [5.74, 6) is 0.127. The summed E-state index contributed by atoms with van der Waals surface area (Å²) in [6, 6.07) is 5.80. The Bertz CT molecular complexity index is 599. The lowest BCUT2D eigenvalue weighted by Crippen LogP contribution is -2.51. The molecule has 2 saturated heterocycles. The van der Waals surface area contributed by atoms with Gasteiger partial charge in [0.15, 0.2) is 0 Å². The smallest absolute Gasteiger partial charge is 0.319 e. The minimum absolute atomic E-state index is 0.0623. The van der Waals surface area contributed by atoms with E-state index in [1.807, 2.05) is 30.1 Å². The molecule has 2 fully saturated rings. The van der Waals surface area contributed by atoms with E-state index in [1.54, 1.807) is 4.90 Å². The molecule has 2 amide bonds. The fourth-order valence-electron chi connectivity index (χ4n) is 3.36. The van der Waals surface area contributed by atoms with Crippen LogP contribution in [0.15, 0.2) is 18.2 Å². The van der Waals surface area contributed by atoms with Crippen molar-refractivity contribution in [2.24, 2.45) is 0 Å². The van der Waals surface area contributed by atoms with Gasteiger partial charge < -0.3 is 19.9 Å². The molecule has 1 aromatic rings. The van der Waals surface area contributed by atoms with Crippen LogP contribution in [0.3, 0.4) is 0 Å². The van der Waals surface area contributed by atoms with Gasteiger partial charge in [-0.25, -0.2) is 4.79 Å². The third-order valence-corrected chi connectivity index (χ3v) is 5.45. The van der Waals surface area contributed by atoms with Crippen molar-refractivity contribution >= 4 is 29.2 Å². The van der Waals surface area contributed by atoms with Gasteiger partial charge in [0, 0.05) is 45.7 Å². The van der Waals surface area contributed by atoms with Gasteiger partial charge in [0.05, 0.1) is 22.8 Å². The topological polar surface area (TPSA) is 44.8 Å². The first kappa shape index (κ1) is 17.8. The van der Waals surface area contributed by atoms with Crippen molar-refractivity contribution in [2.75, 3.05) is 46.4 Å². The molecule has 0 aromatic heterocycles. The Labute approximate surface area is 152 Å². The molecule has 132 valence electrons. The van der Waals surface area contributed by atoms with Gasteiger partial charge >= 0.3 is 6.03 Å². The number of hydrogen-bond donors (Lipinski definition) is 1. The van der Waals surface area contributed by atoms with Crippen LogP contribution in [0.5, 0.6) is 0 Å². The molecular formula is C17H23Cl2N3O2. The molecule has 3 rings (SSSR count). The summed E-state index contributed by atoms with van der Waals surface area (Å²) < 4.78 is 6.08. The number of halogens is 2. The summed E-state index contributed by atoms with van der Waals surface area (Å²) in [4.78, 5) is 16.0. The van der Waals surface area contributed by atoms with E-state index in [4.69, 9.17) is 27.9 Å². The summed E-state index contributed by atoms with van der Waals surface area (Å²) in [5, 5.41) is 4.50. The average Bonchev–Trinajstić information content (AvgIpc) is 2.80. The number of nitrogens with one attached hydrogen (secondary N) is 1. The molecule has 0 unspecified atom stereocenters. The number of urea groups is 1. The molecule has 2 heterocycles. The predicted molar refractivity (Wildman–Crippen MR) is 96.0 cm³/mol. The minimum Gasteiger partial charge on any atom is -0.374 e. The van der Waals surface area contributed by atoms with Crippen LogP contribution in [0.1, 0.15) is 17.9 Å². The van der Waals surface area contributed by atoms with Gasteiger partial charge in [0.2, 0.25) is 0 Å². The molecule has 0 spiro atoms. The monoisotopic (exact) mass is 371 g/mol. The Hall–Kier alpha value is -1.01. The molecule has 7 heteroatoms. The van der Waals surface area contributed by atoms with Crippen LogP contribution in [0.2, 0.25) is 10.0 Å². The summed E-state index contributed by atoms with van der Waals surface area (Å²) in [6.07, 6.45) is 0.928. The Morgan fingerprint density at radius 3 is 2.92 bits per heavy atom. The number of amides is 2. The van der Waals surface area contributed by atoms with Crippen LogP contribution in [-0.4, -0.2) is 68.3 Å². The highest BCUT2D eigenvalue weighted by Crippen LogP contribution is 2.30. The van der Waals surface area contributed by atoms with Crippen LogP contribution < -0.4 is 5.32 Å². The average molecular weight is 372 g/mol. The van der Waals surface area contributed by atoms with Crippen LogP contribution >= 0.6 is 23.2 Å². The normalized spacial score (nSPS) is 25.7. The molecule has 0 bridgehead atoms. The minimum atomic E-state index is -0.0623. The number of benzene rings is 1. The van der Waals surface area contributed by atoms with Gasteiger partial charge in [-0.05, 0) is 24.1 Å². The van der Waals surface area contributed by atoms with E-state index in [1.165, 1.54) is 0 Å². The first-order valence-corrected chi connectivity index (χ1v) is 9.09. The molecule has 2 aliphatic rings. The second-order valence-corrected chi connectivity index (χ2v) is 7.21. The summed E-state index contributed by atoms with van der Waals surface area (Å²) in [7, 11) is 1.85. The van der Waals surface area contributed by atoms with Crippen LogP contribution in [0.25, 0.3) is 0 Å². The van der Waals surface area contributed by atoms with E-state index in [0.717, 1.165) is 38.2 Å². The SMILES string of the molecule is CN1CCCN(C[C@H]2OCCNC[C@H]2c2ccc(Cl)c(Cl)c2)C1=O. The summed E-state index contributed by atoms with van der Waals surface area (Å²) in [5.41, 5.74) is 1.08. The van der Waals surface area contributed by atoms with E-state index in [2.05, 4.69) is 5.32 Å². The molecule has 0 aliphatic carbocycles. The van der Waals surface area contributed by atoms with Crippen molar-refractivity contribution in [2.45, 2.75) is 18.4 Å². The Balaban J connectivity index is 1.79. The Morgan fingerprint density at radius 2 is 2.12 bits per heavy atom. The van der Waals surface area contributed by atoms with Crippen molar-refractivity contribution in [1.29, 1.82) is 0 Å². The largest absolute Gasteiger partial charge is 0.374 e. The molecule has 24 heavy (non-hydrogen) atoms. The standard InChI is InChI=1S/C17H23Cl2N3O2/c1-21-6-2-7-22(17(21)23)11-16-13(10-20-5-8-24-16)12-3-4-14(18)15(19)9-12/h3-4,9,13,16,20H,2,5-8,10-11H2,1H3/t13-,16+/m0/s1. The molecule has 0 radical (unpaired) electrons. The summed E-state index contributed by atoms with van der Waals surface area (Å²) >= 11 is 12.2. The van der Waals surface area contributed by atoms with Gasteiger partial charge in [-0.3, -0.25) is 0 Å². The summed E-state index contributed by atoms with van der Waals surface area (Å²) in [6.45, 7) is 4.43. The first-order chi connectivity index (χ1) is 11.6. The van der Waals surface area contributed by atoms with Gasteiger partial charge in [-0.2, -0.15) is 0 Å². The van der Waals surface area contributed by atoms with Crippen molar-refractivity contribution in [1.82, 2.24) is 15.1 Å². The molecule has 1 N–H and O–H groups in total. The highest BCUT2D eigenvalue weighted by molar-refractivity contribution is 6.42. The fraction of sp³-hybridized carbons (Fsp3) is 0.588. The number of carbonyl (C=O) groups excluding carboxylic acids is 1. The number of rotatable bonds is 3. The molecular weight excluding hydrogens is 349 g/mol. The second-order valence-electron chi connectivity index (χ2n) is 6.40. The molecule has 5 nitrogen and oxygen atoms in total. The lowest BCUT2D eigenvalue weighted by Gasteiger charge is -2.37. The quantitative estimate of drug-likeness (QED) is 0.888. The third kappa shape index (κ3) is 3.97. The van der Waals surface area contributed by atoms with Crippen molar-refractivity contribution in [3.05, 3.63) is 33.8 Å². The zero-order valence-electron chi connectivity index (χ0n) is 13.8. The van der Waals surface area contributed by atoms with E-state index < -0.39 is 0 Å². The number of ether oxygens (including phenoxy) is 1. The van der Waals surface area contributed by atoms with Crippen molar-refractivity contribution < 1.29 is 9.53 Å². The lowest BCUT2D eigenvalue weighted by molar-refractivity contribution is 0.0237. The maximum Gasteiger partial charge on any atom is 0.319 e. The van der Waals surface area contributed by atoms with Gasteiger partial charge in [0.1, 0.15) is 0 Å². The number of nitrogens with zero attached hydrogens (tertiary/aromatic N) is 2. The van der Waals surface area contributed by atoms with E-state index in [-0.39, 0.29) is 18.1 Å². The van der Waals surface area contributed by atoms with Crippen LogP contribution in [0.4, 0.5) is 4.79 Å². The van der Waals surface area contributed by atoms with E-state index in [0.29, 0.717) is 23.2 Å². The lowest BCUT2D eigenvalue weighted by atomic mass is 9.92. The highest BCUT2D eigenvalue weighted by Gasteiger charge is 2.32. The van der Waals surface area contributed by atoms with E-state index in [9.17, 15) is 4.79 Å². The zero-order valence-corrected chi connectivity index (χ0v) is 15.3. The van der Waals surface area contributed by atoms with Gasteiger partial charge in [-0.15, -0.1) is 0 Å². The van der Waals surface area contributed by atoms with Crippen molar-refractivity contribution in [3.63, 3.8) is 0 Å². The first-order valence-electron chi connectivity index (χ1n) is 8.33. The van der Waals surface area contributed by atoms with E-state index >= 15 is 0 Å². The van der Waals surface area contributed by atoms with Gasteiger partial charge in [-0.1, -0.05) is 29.3 Å². The molecule has 1 aromatic carbocycles. The Kier molecular flexibility index (Phi) is 5.87. The maximum absolute atomic E-state index is 12.4. The second kappa shape index (κ2) is 7.91. The molecule has 2 atom stereocenters. The predicted octanol–water partition coefficient (Wildman–Crippen LogP) is 2.82. The number of carbonyl (C=O) groups is 1. The van der Waals surface area contributed by atoms with Crippen molar-refractivity contribution in [3.8, 4) is 0 Å². The Morgan fingerprint density at radius 1 is 1.29 bits per heavy atom. The highest BCUT2D eigenvalue weighted by atomic mass is 35.5. The van der Waals surface area contributed by atoms with Gasteiger partial charge in [0.25, 0.3) is 0 Å². The zero-order chi connectivity index (χ0) is 17.1. The van der Waals surface area contributed by atoms with Crippen LogP contribution in [0, 0.1) is 0 Å². The number of hydrogen-bond acceptors (Lipinski definition) is 3. The van der Waals surface area contributed by atoms with Crippen LogP contribution in [-0.2, 0) is 4.74 Å². The fourth-order valence-corrected chi connectivity index (χ4v) is 3.67.